The van der Waals surface area contributed by atoms with Crippen molar-refractivity contribution in [3.05, 3.63) is 35.9 Å². The van der Waals surface area contributed by atoms with Gasteiger partial charge < -0.3 is 19.9 Å². The minimum Gasteiger partial charge on any atom is -0.450 e. The van der Waals surface area contributed by atoms with Crippen LogP contribution < -0.4 is 15.1 Å². The number of carbonyl (C=O) groups excluding carboxylic acids is 2. The molecule has 0 aliphatic carbocycles. The molecule has 0 radical (unpaired) electrons. The van der Waals surface area contributed by atoms with E-state index in [0.717, 1.165) is 39.1 Å². The standard InChI is InChI=1S/C20H30N4O3/c1-2-27-20(26)24-12-10-22(11-13-24)16-19(25)21-18-8-9-23(15-18)14-17-6-4-3-5-7-17/h3-7,18H,2,8-16H2,1H3,(H,21,25)/p+2/t18-/m0/s1. The maximum atomic E-state index is 12.4. The van der Waals surface area contributed by atoms with Crippen LogP contribution in [-0.2, 0) is 16.1 Å². The van der Waals surface area contributed by atoms with Crippen molar-refractivity contribution >= 4 is 12.0 Å². The fraction of sp³-hybridized carbons (Fsp3) is 0.600. The van der Waals surface area contributed by atoms with Gasteiger partial charge in [0.1, 0.15) is 6.54 Å². The van der Waals surface area contributed by atoms with Crippen LogP contribution >= 0.6 is 0 Å². The van der Waals surface area contributed by atoms with Gasteiger partial charge in [0.15, 0.2) is 6.54 Å². The topological polar surface area (TPSA) is 67.5 Å². The molecular weight excluding hydrogens is 344 g/mol. The van der Waals surface area contributed by atoms with Crippen LogP contribution in [0, 0.1) is 0 Å². The summed E-state index contributed by atoms with van der Waals surface area (Å²) in [5.41, 5.74) is 1.35. The summed E-state index contributed by atoms with van der Waals surface area (Å²) in [5, 5.41) is 3.21. The van der Waals surface area contributed by atoms with Crippen molar-refractivity contribution in [3.63, 3.8) is 0 Å². The quantitative estimate of drug-likeness (QED) is 0.556. The lowest BCUT2D eigenvalue weighted by molar-refractivity contribution is -0.902. The molecule has 3 N–H and O–H groups in total. The van der Waals surface area contributed by atoms with E-state index in [1.54, 1.807) is 4.90 Å². The van der Waals surface area contributed by atoms with Crippen LogP contribution in [0.1, 0.15) is 18.9 Å². The first kappa shape index (κ1) is 19.6. The summed E-state index contributed by atoms with van der Waals surface area (Å²) in [6.07, 6.45) is 0.799. The first-order valence-corrected chi connectivity index (χ1v) is 10.1. The van der Waals surface area contributed by atoms with E-state index < -0.39 is 0 Å². The molecule has 7 heteroatoms. The van der Waals surface area contributed by atoms with Gasteiger partial charge in [0.2, 0.25) is 0 Å². The number of ether oxygens (including phenoxy) is 1. The molecule has 148 valence electrons. The molecule has 2 fully saturated rings. The van der Waals surface area contributed by atoms with Crippen LogP contribution in [-0.4, -0.2) is 75.4 Å². The van der Waals surface area contributed by atoms with E-state index in [9.17, 15) is 9.59 Å². The number of nitrogens with zero attached hydrogens (tertiary/aromatic N) is 1. The molecule has 27 heavy (non-hydrogen) atoms. The number of hydrogen-bond donors (Lipinski definition) is 3. The highest BCUT2D eigenvalue weighted by molar-refractivity contribution is 5.77. The van der Waals surface area contributed by atoms with Crippen LogP contribution in [0.3, 0.4) is 0 Å². The Balaban J connectivity index is 1.35. The van der Waals surface area contributed by atoms with Crippen LogP contribution in [0.25, 0.3) is 0 Å². The van der Waals surface area contributed by atoms with Gasteiger partial charge in [-0.15, -0.1) is 0 Å². The van der Waals surface area contributed by atoms with Gasteiger partial charge in [-0.1, -0.05) is 30.3 Å². The Kier molecular flexibility index (Phi) is 7.06. The van der Waals surface area contributed by atoms with Gasteiger partial charge in [0.05, 0.1) is 51.9 Å². The van der Waals surface area contributed by atoms with E-state index in [2.05, 4.69) is 29.6 Å². The van der Waals surface area contributed by atoms with E-state index in [-0.39, 0.29) is 18.0 Å². The number of piperazine rings is 1. The third-order valence-corrected chi connectivity index (χ3v) is 5.45. The summed E-state index contributed by atoms with van der Waals surface area (Å²) in [7, 11) is 0. The highest BCUT2D eigenvalue weighted by atomic mass is 16.6. The number of quaternary nitrogens is 2. The number of benzene rings is 1. The van der Waals surface area contributed by atoms with E-state index in [1.807, 2.05) is 13.0 Å². The molecule has 1 unspecified atom stereocenters. The van der Waals surface area contributed by atoms with Crippen molar-refractivity contribution in [2.24, 2.45) is 0 Å². The summed E-state index contributed by atoms with van der Waals surface area (Å²) in [6.45, 7) is 8.71. The number of nitrogens with one attached hydrogen (secondary N) is 3. The van der Waals surface area contributed by atoms with Gasteiger partial charge in [-0.25, -0.2) is 4.79 Å². The van der Waals surface area contributed by atoms with E-state index in [1.165, 1.54) is 15.4 Å². The monoisotopic (exact) mass is 376 g/mol. The number of likely N-dealkylation sites (tertiary alicyclic amines) is 1. The summed E-state index contributed by atoms with van der Waals surface area (Å²) in [4.78, 5) is 28.6. The summed E-state index contributed by atoms with van der Waals surface area (Å²) in [5.74, 6) is 0.126. The van der Waals surface area contributed by atoms with Crippen molar-refractivity contribution < 1.29 is 24.1 Å². The molecule has 1 aromatic carbocycles. The summed E-state index contributed by atoms with van der Waals surface area (Å²) >= 11 is 0. The van der Waals surface area contributed by atoms with Crippen LogP contribution in [0.15, 0.2) is 30.3 Å². The molecule has 0 aromatic heterocycles. The normalized spacial score (nSPS) is 23.2. The summed E-state index contributed by atoms with van der Waals surface area (Å²) in [6, 6.07) is 10.8. The van der Waals surface area contributed by atoms with Crippen LogP contribution in [0.4, 0.5) is 4.79 Å². The Morgan fingerprint density at radius 3 is 2.59 bits per heavy atom. The minimum atomic E-state index is -0.242. The maximum Gasteiger partial charge on any atom is 0.410 e. The Morgan fingerprint density at radius 1 is 1.15 bits per heavy atom. The van der Waals surface area contributed by atoms with Crippen LogP contribution in [0.5, 0.6) is 0 Å². The number of hydrogen-bond acceptors (Lipinski definition) is 3. The van der Waals surface area contributed by atoms with Crippen molar-refractivity contribution in [2.75, 3.05) is 52.4 Å². The average molecular weight is 377 g/mol. The highest BCUT2D eigenvalue weighted by Crippen LogP contribution is 1.99. The second-order valence-corrected chi connectivity index (χ2v) is 7.53. The van der Waals surface area contributed by atoms with Crippen molar-refractivity contribution in [2.45, 2.75) is 25.9 Å². The zero-order valence-corrected chi connectivity index (χ0v) is 16.2. The first-order chi connectivity index (χ1) is 13.1. The van der Waals surface area contributed by atoms with Crippen molar-refractivity contribution in [1.29, 1.82) is 0 Å². The Labute approximate surface area is 161 Å². The van der Waals surface area contributed by atoms with E-state index in [0.29, 0.717) is 26.2 Å². The number of amides is 2. The predicted octanol–water partition coefficient (Wildman–Crippen LogP) is -1.68. The Bertz CT molecular complexity index is 617. The molecule has 7 nitrogen and oxygen atoms in total. The van der Waals surface area contributed by atoms with E-state index in [4.69, 9.17) is 4.74 Å². The molecular formula is C20H32N4O3+2. The second-order valence-electron chi connectivity index (χ2n) is 7.53. The second kappa shape index (κ2) is 9.71. The molecule has 3 rings (SSSR count). The number of carbonyl (C=O) groups is 2. The van der Waals surface area contributed by atoms with Gasteiger partial charge in [-0.3, -0.25) is 9.69 Å². The lowest BCUT2D eigenvalue weighted by Crippen LogP contribution is -3.16. The fourth-order valence-corrected chi connectivity index (χ4v) is 4.00. The molecule has 2 heterocycles. The third kappa shape index (κ3) is 5.94. The van der Waals surface area contributed by atoms with Crippen LogP contribution in [0.2, 0.25) is 0 Å². The molecule has 2 amide bonds. The van der Waals surface area contributed by atoms with E-state index >= 15 is 0 Å². The van der Waals surface area contributed by atoms with Crippen molar-refractivity contribution in [3.8, 4) is 0 Å². The number of rotatable bonds is 6. The van der Waals surface area contributed by atoms with Gasteiger partial charge in [-0.05, 0) is 6.92 Å². The maximum absolute atomic E-state index is 12.4. The smallest absolute Gasteiger partial charge is 0.410 e. The molecule has 0 spiro atoms. The highest BCUT2D eigenvalue weighted by Gasteiger charge is 2.30. The van der Waals surface area contributed by atoms with Gasteiger partial charge in [0, 0.05) is 12.0 Å². The summed E-state index contributed by atoms with van der Waals surface area (Å²) < 4.78 is 5.04. The molecule has 2 aliphatic heterocycles. The van der Waals surface area contributed by atoms with Crippen molar-refractivity contribution in [1.82, 2.24) is 10.2 Å². The molecule has 0 saturated carbocycles. The zero-order chi connectivity index (χ0) is 19.1. The predicted molar refractivity (Wildman–Crippen MR) is 102 cm³/mol. The van der Waals surface area contributed by atoms with Gasteiger partial charge >= 0.3 is 6.09 Å². The molecule has 0 bridgehead atoms. The lowest BCUT2D eigenvalue weighted by Gasteiger charge is -2.31. The molecule has 2 atom stereocenters. The van der Waals surface area contributed by atoms with Gasteiger partial charge in [0.25, 0.3) is 5.91 Å². The zero-order valence-electron chi connectivity index (χ0n) is 16.2. The molecule has 2 saturated heterocycles. The fourth-order valence-electron chi connectivity index (χ4n) is 4.00. The lowest BCUT2D eigenvalue weighted by atomic mass is 10.2. The minimum absolute atomic E-state index is 0.126. The Morgan fingerprint density at radius 2 is 1.89 bits per heavy atom. The third-order valence-electron chi connectivity index (χ3n) is 5.45. The Hall–Kier alpha value is -2.12. The molecule has 2 aliphatic rings. The SMILES string of the molecule is CCOC(=O)N1CC[NH+](CC(=O)N[C@H]2CC[NH+](Cc3ccccc3)C2)CC1. The largest absolute Gasteiger partial charge is 0.450 e. The average Bonchev–Trinajstić information content (AvgIpc) is 3.10. The first-order valence-electron chi connectivity index (χ1n) is 10.1. The van der Waals surface area contributed by atoms with Gasteiger partial charge in [-0.2, -0.15) is 0 Å². The molecule has 1 aromatic rings.